The van der Waals surface area contributed by atoms with Gasteiger partial charge in [-0.1, -0.05) is 13.8 Å². The van der Waals surface area contributed by atoms with Gasteiger partial charge in [0.1, 0.15) is 0 Å². The van der Waals surface area contributed by atoms with Crippen LogP contribution in [0.3, 0.4) is 0 Å². The predicted octanol–water partition coefficient (Wildman–Crippen LogP) is 2.73. The number of carbonyl (C=O) groups is 1. The van der Waals surface area contributed by atoms with E-state index in [9.17, 15) is 4.79 Å². The van der Waals surface area contributed by atoms with Gasteiger partial charge in [0, 0.05) is 0 Å². The Labute approximate surface area is 89.1 Å². The zero-order valence-corrected chi connectivity index (χ0v) is 9.72. The largest absolute Gasteiger partial charge is 0.481 e. The van der Waals surface area contributed by atoms with Crippen LogP contribution in [0.25, 0.3) is 0 Å². The normalized spacial score (nSPS) is 13.2. The summed E-state index contributed by atoms with van der Waals surface area (Å²) in [6, 6.07) is 0. The first-order chi connectivity index (χ1) is 6.04. The van der Waals surface area contributed by atoms with Crippen molar-refractivity contribution >= 4 is 33.4 Å². The van der Waals surface area contributed by atoms with Crippen molar-refractivity contribution in [3.05, 3.63) is 15.5 Å². The first-order valence-corrected chi connectivity index (χ1v) is 5.43. The van der Waals surface area contributed by atoms with E-state index in [1.165, 1.54) is 11.5 Å². The van der Waals surface area contributed by atoms with Crippen molar-refractivity contribution in [2.24, 2.45) is 5.92 Å². The minimum Gasteiger partial charge on any atom is -0.481 e. The first-order valence-electron chi connectivity index (χ1n) is 3.87. The first kappa shape index (κ1) is 10.7. The molecule has 1 atom stereocenters. The second kappa shape index (κ2) is 4.19. The zero-order chi connectivity index (χ0) is 10.0. The summed E-state index contributed by atoms with van der Waals surface area (Å²) in [5.41, 5.74) is 0. The van der Waals surface area contributed by atoms with Crippen molar-refractivity contribution in [2.45, 2.75) is 19.8 Å². The van der Waals surface area contributed by atoms with E-state index >= 15 is 0 Å². The maximum Gasteiger partial charge on any atom is 0.312 e. The number of nitrogens with zero attached hydrogens (tertiary/aromatic N) is 1. The Bertz CT molecular complexity index is 311. The topological polar surface area (TPSA) is 50.2 Å². The highest BCUT2D eigenvalue weighted by molar-refractivity contribution is 9.10. The quantitative estimate of drug-likeness (QED) is 0.913. The van der Waals surface area contributed by atoms with Crippen molar-refractivity contribution < 1.29 is 9.90 Å². The number of halogens is 1. The molecule has 0 saturated heterocycles. The maximum absolute atomic E-state index is 10.9. The standard InChI is InChI=1S/C8H10BrNO2S/c1-4(2)6(8(11)12)7-5(9)3-10-13-7/h3-4,6H,1-2H3,(H,11,12). The summed E-state index contributed by atoms with van der Waals surface area (Å²) in [5, 5.41) is 9.00. The lowest BCUT2D eigenvalue weighted by molar-refractivity contribution is -0.139. The molecule has 0 aliphatic carbocycles. The molecule has 1 rings (SSSR count). The minimum atomic E-state index is -0.792. The van der Waals surface area contributed by atoms with E-state index in [-0.39, 0.29) is 5.92 Å². The van der Waals surface area contributed by atoms with Gasteiger partial charge in [-0.2, -0.15) is 4.37 Å². The molecule has 72 valence electrons. The van der Waals surface area contributed by atoms with Crippen molar-refractivity contribution in [3.8, 4) is 0 Å². The predicted molar refractivity (Wildman–Crippen MR) is 55.0 cm³/mol. The monoisotopic (exact) mass is 263 g/mol. The molecule has 0 aromatic carbocycles. The van der Waals surface area contributed by atoms with Crippen LogP contribution in [0.2, 0.25) is 0 Å². The lowest BCUT2D eigenvalue weighted by Crippen LogP contribution is -2.16. The second-order valence-corrected chi connectivity index (χ2v) is 4.79. The van der Waals surface area contributed by atoms with Crippen LogP contribution in [0.15, 0.2) is 10.7 Å². The van der Waals surface area contributed by atoms with E-state index < -0.39 is 11.9 Å². The van der Waals surface area contributed by atoms with E-state index in [0.29, 0.717) is 0 Å². The van der Waals surface area contributed by atoms with Crippen LogP contribution in [0.4, 0.5) is 0 Å². The van der Waals surface area contributed by atoms with E-state index in [0.717, 1.165) is 9.35 Å². The van der Waals surface area contributed by atoms with Crippen LogP contribution in [0.1, 0.15) is 24.6 Å². The van der Waals surface area contributed by atoms with Crippen LogP contribution in [0.5, 0.6) is 0 Å². The Morgan fingerprint density at radius 3 is 2.62 bits per heavy atom. The lowest BCUT2D eigenvalue weighted by Gasteiger charge is -2.13. The summed E-state index contributed by atoms with van der Waals surface area (Å²) < 4.78 is 4.73. The fourth-order valence-corrected chi connectivity index (χ4v) is 2.74. The average Bonchev–Trinajstić information content (AvgIpc) is 2.35. The molecular formula is C8H10BrNO2S. The van der Waals surface area contributed by atoms with E-state index in [1.807, 2.05) is 13.8 Å². The summed E-state index contributed by atoms with van der Waals surface area (Å²) in [5.74, 6) is -1.17. The number of carboxylic acids is 1. The van der Waals surface area contributed by atoms with Gasteiger partial charge in [0.2, 0.25) is 0 Å². The van der Waals surface area contributed by atoms with Crippen LogP contribution >= 0.6 is 27.5 Å². The Morgan fingerprint density at radius 2 is 2.31 bits per heavy atom. The molecule has 5 heteroatoms. The average molecular weight is 264 g/mol. The van der Waals surface area contributed by atoms with Crippen molar-refractivity contribution in [1.82, 2.24) is 4.37 Å². The molecule has 0 saturated carbocycles. The minimum absolute atomic E-state index is 0.0780. The fraction of sp³-hybridized carbons (Fsp3) is 0.500. The number of carboxylic acid groups (broad SMARTS) is 1. The maximum atomic E-state index is 10.9. The summed E-state index contributed by atoms with van der Waals surface area (Å²) in [6.45, 7) is 3.79. The van der Waals surface area contributed by atoms with Gasteiger partial charge >= 0.3 is 5.97 Å². The third-order valence-electron chi connectivity index (χ3n) is 1.77. The third-order valence-corrected chi connectivity index (χ3v) is 3.54. The van der Waals surface area contributed by atoms with Crippen LogP contribution in [-0.4, -0.2) is 15.4 Å². The van der Waals surface area contributed by atoms with Crippen molar-refractivity contribution in [2.75, 3.05) is 0 Å². The van der Waals surface area contributed by atoms with Gasteiger partial charge in [-0.3, -0.25) is 4.79 Å². The molecule has 13 heavy (non-hydrogen) atoms. The van der Waals surface area contributed by atoms with Crippen LogP contribution in [-0.2, 0) is 4.79 Å². The summed E-state index contributed by atoms with van der Waals surface area (Å²) in [7, 11) is 0. The summed E-state index contributed by atoms with van der Waals surface area (Å²) in [4.78, 5) is 11.7. The second-order valence-electron chi connectivity index (χ2n) is 3.10. The van der Waals surface area contributed by atoms with Crippen LogP contribution < -0.4 is 0 Å². The smallest absolute Gasteiger partial charge is 0.312 e. The Kier molecular flexibility index (Phi) is 3.44. The fourth-order valence-electron chi connectivity index (χ4n) is 1.14. The van der Waals surface area contributed by atoms with Gasteiger partial charge in [0.05, 0.1) is 21.5 Å². The Hall–Kier alpha value is -0.420. The molecule has 1 N–H and O–H groups in total. The molecule has 0 spiro atoms. The highest BCUT2D eigenvalue weighted by Crippen LogP contribution is 2.33. The number of aromatic nitrogens is 1. The van der Waals surface area contributed by atoms with Gasteiger partial charge in [-0.05, 0) is 33.4 Å². The molecule has 3 nitrogen and oxygen atoms in total. The van der Waals surface area contributed by atoms with Gasteiger partial charge in [0.25, 0.3) is 0 Å². The molecule has 0 fully saturated rings. The van der Waals surface area contributed by atoms with Crippen LogP contribution in [0, 0.1) is 5.92 Å². The molecule has 0 aliphatic heterocycles. The molecule has 1 aromatic rings. The molecule has 1 unspecified atom stereocenters. The Morgan fingerprint density at radius 1 is 1.69 bits per heavy atom. The lowest BCUT2D eigenvalue weighted by atomic mass is 9.95. The zero-order valence-electron chi connectivity index (χ0n) is 7.32. The Balaban J connectivity index is 3.02. The molecule has 1 heterocycles. The molecule has 0 aliphatic rings. The summed E-state index contributed by atoms with van der Waals surface area (Å²) >= 11 is 4.52. The highest BCUT2D eigenvalue weighted by Gasteiger charge is 2.27. The van der Waals surface area contributed by atoms with E-state index in [2.05, 4.69) is 20.3 Å². The number of hydrogen-bond donors (Lipinski definition) is 1. The molecular weight excluding hydrogens is 254 g/mol. The number of hydrogen-bond acceptors (Lipinski definition) is 3. The molecule has 0 bridgehead atoms. The van der Waals surface area contributed by atoms with E-state index in [4.69, 9.17) is 5.11 Å². The number of rotatable bonds is 3. The van der Waals surface area contributed by atoms with Gasteiger partial charge in [-0.15, -0.1) is 0 Å². The third kappa shape index (κ3) is 2.28. The van der Waals surface area contributed by atoms with Gasteiger partial charge < -0.3 is 5.11 Å². The van der Waals surface area contributed by atoms with E-state index in [1.54, 1.807) is 6.20 Å². The van der Waals surface area contributed by atoms with Crippen molar-refractivity contribution in [3.63, 3.8) is 0 Å². The summed E-state index contributed by atoms with van der Waals surface area (Å²) in [6.07, 6.45) is 1.64. The van der Waals surface area contributed by atoms with Gasteiger partial charge in [-0.25, -0.2) is 0 Å². The SMILES string of the molecule is CC(C)C(C(=O)O)c1sncc1Br. The molecule has 0 radical (unpaired) electrons. The van der Waals surface area contributed by atoms with Gasteiger partial charge in [0.15, 0.2) is 0 Å². The number of aliphatic carboxylic acids is 1. The molecule has 1 aromatic heterocycles. The molecule has 0 amide bonds. The van der Waals surface area contributed by atoms with Crippen molar-refractivity contribution in [1.29, 1.82) is 0 Å². The highest BCUT2D eigenvalue weighted by atomic mass is 79.9.